The number of anilines is 1. The molecule has 0 bridgehead atoms. The molecule has 32 heavy (non-hydrogen) atoms. The van der Waals surface area contributed by atoms with E-state index in [-0.39, 0.29) is 0 Å². The first-order valence-corrected chi connectivity index (χ1v) is 13.6. The molecule has 1 aromatic heterocycles. The molecule has 0 saturated heterocycles. The van der Waals surface area contributed by atoms with Crippen molar-refractivity contribution in [2.45, 2.75) is 11.4 Å². The zero-order valence-corrected chi connectivity index (χ0v) is 19.9. The third kappa shape index (κ3) is 5.77. The van der Waals surface area contributed by atoms with Gasteiger partial charge in [-0.15, -0.1) is 0 Å². The molecule has 2 aromatic carbocycles. The van der Waals surface area contributed by atoms with Crippen LogP contribution in [0.15, 0.2) is 64.9 Å². The smallest absolute Gasteiger partial charge is 0.137 e. The quantitative estimate of drug-likeness (QED) is 0.341. The number of nitrogens with two attached hydrogens (primary N) is 1. The van der Waals surface area contributed by atoms with Crippen LogP contribution in [0.3, 0.4) is 0 Å². The molecule has 8 heteroatoms. The highest BCUT2D eigenvalue weighted by Crippen LogP contribution is 2.29. The van der Waals surface area contributed by atoms with Crippen LogP contribution in [0.2, 0.25) is 0 Å². The van der Waals surface area contributed by atoms with Crippen LogP contribution in [-0.4, -0.2) is 59.3 Å². The molecule has 170 valence electrons. The van der Waals surface area contributed by atoms with E-state index in [4.69, 9.17) is 5.73 Å². The van der Waals surface area contributed by atoms with Crippen LogP contribution >= 0.6 is 0 Å². The van der Waals surface area contributed by atoms with Gasteiger partial charge in [-0.2, -0.15) is 0 Å². The third-order valence-electron chi connectivity index (χ3n) is 5.05. The average Bonchev–Trinajstić information content (AvgIpc) is 2.76. The van der Waals surface area contributed by atoms with E-state index in [9.17, 15) is 4.21 Å². The highest BCUT2D eigenvalue weighted by molar-refractivity contribution is 8.18. The zero-order valence-electron chi connectivity index (χ0n) is 19.1. The molecule has 0 amide bonds. The molecular weight excluding hydrogens is 420 g/mol. The maximum atomic E-state index is 13.1. The lowest BCUT2D eigenvalue weighted by atomic mass is 10.1. The lowest BCUT2D eigenvalue weighted by Crippen LogP contribution is -2.30. The minimum Gasteiger partial charge on any atom is -0.404 e. The first-order valence-electron chi connectivity index (χ1n) is 10.4. The van der Waals surface area contributed by atoms with Crippen LogP contribution in [0, 0.1) is 0 Å². The molecule has 0 saturated carbocycles. The van der Waals surface area contributed by atoms with Gasteiger partial charge in [0.15, 0.2) is 0 Å². The lowest BCUT2D eigenvalue weighted by molar-refractivity contribution is 0.662. The van der Waals surface area contributed by atoms with Gasteiger partial charge in [-0.05, 0) is 48.1 Å². The number of hydrogen-bond acceptors (Lipinski definition) is 7. The van der Waals surface area contributed by atoms with Crippen molar-refractivity contribution in [2.75, 3.05) is 44.2 Å². The van der Waals surface area contributed by atoms with Crippen molar-refractivity contribution < 1.29 is 4.21 Å². The van der Waals surface area contributed by atoms with Gasteiger partial charge in [0.2, 0.25) is 0 Å². The number of fused-ring (bicyclic) bond motifs is 1. The number of nitrogens with one attached hydrogen (secondary N) is 2. The van der Waals surface area contributed by atoms with Crippen LogP contribution < -0.4 is 16.4 Å². The van der Waals surface area contributed by atoms with E-state index in [0.29, 0.717) is 13.1 Å². The fourth-order valence-corrected chi connectivity index (χ4v) is 5.13. The SMILES string of the molecule is CN=CC(=CN)c1ccc2ncnc(NCCNCc3ccccc3S(C)(C)(C)=O)c2c1. The zero-order chi connectivity index (χ0) is 23.2. The van der Waals surface area contributed by atoms with E-state index in [0.717, 1.165) is 44.9 Å². The molecule has 0 radical (unpaired) electrons. The maximum absolute atomic E-state index is 13.1. The Bertz CT molecular complexity index is 1220. The Morgan fingerprint density at radius 1 is 1.12 bits per heavy atom. The van der Waals surface area contributed by atoms with Crippen LogP contribution in [0.5, 0.6) is 0 Å². The summed E-state index contributed by atoms with van der Waals surface area (Å²) in [6.45, 7) is 2.05. The topological polar surface area (TPSA) is 105 Å². The number of aromatic nitrogens is 2. The summed E-state index contributed by atoms with van der Waals surface area (Å²) < 4.78 is 13.1. The fraction of sp³-hybridized carbons (Fsp3) is 0.292. The van der Waals surface area contributed by atoms with Crippen molar-refractivity contribution in [3.8, 4) is 0 Å². The molecule has 0 aliphatic carbocycles. The predicted octanol–water partition coefficient (Wildman–Crippen LogP) is 2.90. The van der Waals surface area contributed by atoms with Crippen LogP contribution in [0.1, 0.15) is 11.1 Å². The summed E-state index contributed by atoms with van der Waals surface area (Å²) in [5.74, 6) is 0.767. The number of allylic oxidation sites excluding steroid dienone is 1. The Labute approximate surface area is 189 Å². The number of aliphatic imine (C=N–C) groups is 1. The maximum Gasteiger partial charge on any atom is 0.137 e. The first-order chi connectivity index (χ1) is 15.2. The predicted molar refractivity (Wildman–Crippen MR) is 137 cm³/mol. The van der Waals surface area contributed by atoms with Crippen molar-refractivity contribution >= 4 is 37.6 Å². The van der Waals surface area contributed by atoms with Gasteiger partial charge in [-0.25, -0.2) is 9.97 Å². The average molecular weight is 453 g/mol. The van der Waals surface area contributed by atoms with E-state index < -0.39 is 9.07 Å². The third-order valence-corrected chi connectivity index (χ3v) is 6.95. The van der Waals surface area contributed by atoms with Gasteiger partial charge >= 0.3 is 0 Å². The molecule has 0 aliphatic heterocycles. The fourth-order valence-electron chi connectivity index (χ4n) is 3.55. The Balaban J connectivity index is 1.67. The summed E-state index contributed by atoms with van der Waals surface area (Å²) in [6, 6.07) is 13.9. The second-order valence-electron chi connectivity index (χ2n) is 8.60. The summed E-state index contributed by atoms with van der Waals surface area (Å²) in [5.41, 5.74) is 9.46. The van der Waals surface area contributed by atoms with E-state index in [1.807, 2.05) is 61.2 Å². The van der Waals surface area contributed by atoms with Gasteiger partial charge in [-0.3, -0.25) is 9.20 Å². The standard InChI is InChI=1S/C24H32N6OS/c1-26-15-20(14-25)18-9-10-22-21(13-18)24(30-17-29-22)28-12-11-27-16-19-7-5-6-8-23(19)32(2,3,4)31/h5-10,13-15,17,27H,11-12,16,25H2,1-4H3,(H,28,29,30). The van der Waals surface area contributed by atoms with Gasteiger partial charge in [0.25, 0.3) is 0 Å². The summed E-state index contributed by atoms with van der Waals surface area (Å²) >= 11 is 0. The molecule has 0 aliphatic rings. The van der Waals surface area contributed by atoms with Gasteiger partial charge in [-0.1, -0.05) is 33.3 Å². The van der Waals surface area contributed by atoms with Gasteiger partial charge < -0.3 is 16.4 Å². The van der Waals surface area contributed by atoms with Crippen molar-refractivity contribution in [2.24, 2.45) is 10.7 Å². The Kier molecular flexibility index (Phi) is 7.06. The molecule has 4 N–H and O–H groups in total. The minimum atomic E-state index is -2.81. The van der Waals surface area contributed by atoms with Crippen LogP contribution in [0.25, 0.3) is 16.5 Å². The van der Waals surface area contributed by atoms with Crippen LogP contribution in [-0.2, 0) is 15.6 Å². The Hall–Kier alpha value is -3.10. The first kappa shape index (κ1) is 23.6. The summed E-state index contributed by atoms with van der Waals surface area (Å²) in [4.78, 5) is 13.8. The van der Waals surface area contributed by atoms with Crippen molar-refractivity contribution in [3.63, 3.8) is 0 Å². The normalized spacial score (nSPS) is 13.9. The van der Waals surface area contributed by atoms with E-state index in [2.05, 4.69) is 25.6 Å². The number of nitrogens with zero attached hydrogens (tertiary/aromatic N) is 3. The van der Waals surface area contributed by atoms with Crippen molar-refractivity contribution in [1.82, 2.24) is 15.3 Å². The largest absolute Gasteiger partial charge is 0.404 e. The second kappa shape index (κ2) is 9.58. The van der Waals surface area contributed by atoms with E-state index >= 15 is 0 Å². The molecule has 0 unspecified atom stereocenters. The van der Waals surface area contributed by atoms with Gasteiger partial charge in [0.05, 0.1) is 5.52 Å². The molecule has 0 spiro atoms. The minimum absolute atomic E-state index is 0.650. The molecule has 0 fully saturated rings. The lowest BCUT2D eigenvalue weighted by Gasteiger charge is -2.31. The molecule has 0 atom stereocenters. The number of rotatable bonds is 9. The van der Waals surface area contributed by atoms with E-state index in [1.165, 1.54) is 0 Å². The number of hydrogen-bond donors (Lipinski definition) is 3. The number of benzene rings is 2. The summed E-state index contributed by atoms with van der Waals surface area (Å²) in [6.07, 6.45) is 10.3. The molecule has 3 aromatic rings. The summed E-state index contributed by atoms with van der Waals surface area (Å²) in [5, 5.41) is 7.75. The highest BCUT2D eigenvalue weighted by atomic mass is 32.3. The van der Waals surface area contributed by atoms with Gasteiger partial charge in [0, 0.05) is 55.0 Å². The highest BCUT2D eigenvalue weighted by Gasteiger charge is 2.23. The Morgan fingerprint density at radius 3 is 2.62 bits per heavy atom. The summed E-state index contributed by atoms with van der Waals surface area (Å²) in [7, 11) is -1.10. The van der Waals surface area contributed by atoms with Crippen LogP contribution in [0.4, 0.5) is 5.82 Å². The molecule has 7 nitrogen and oxygen atoms in total. The van der Waals surface area contributed by atoms with E-state index in [1.54, 1.807) is 25.8 Å². The second-order valence-corrected chi connectivity index (χ2v) is 13.9. The molecule has 1 heterocycles. The van der Waals surface area contributed by atoms with Crippen molar-refractivity contribution in [1.29, 1.82) is 0 Å². The molecular formula is C24H32N6OS. The molecule has 3 rings (SSSR count). The monoisotopic (exact) mass is 452 g/mol. The van der Waals surface area contributed by atoms with Crippen molar-refractivity contribution in [3.05, 3.63) is 66.1 Å². The Morgan fingerprint density at radius 2 is 1.91 bits per heavy atom. The van der Waals surface area contributed by atoms with Gasteiger partial charge in [0.1, 0.15) is 12.1 Å².